The van der Waals surface area contributed by atoms with Gasteiger partial charge in [-0.3, -0.25) is 0 Å². The van der Waals surface area contributed by atoms with E-state index in [1.54, 1.807) is 24.5 Å². The van der Waals surface area contributed by atoms with Crippen molar-refractivity contribution in [3.63, 3.8) is 0 Å². The maximum absolute atomic E-state index is 12.6. The molecule has 22 heavy (non-hydrogen) atoms. The van der Waals surface area contributed by atoms with E-state index in [2.05, 4.69) is 15.3 Å². The Labute approximate surface area is 123 Å². The predicted molar refractivity (Wildman–Crippen MR) is 70.7 cm³/mol. The highest BCUT2D eigenvalue weighted by Gasteiger charge is 2.30. The molecule has 0 saturated heterocycles. The Hall–Kier alpha value is -2.90. The summed E-state index contributed by atoms with van der Waals surface area (Å²) in [6.45, 7) is 0. The molecule has 0 radical (unpaired) electrons. The minimum absolute atomic E-state index is 0.0379. The Kier molecular flexibility index (Phi) is 3.50. The SMILES string of the molecule is FC(F)(F)c1cccc(Oc2ccc(-n3cccn3)nn2)c1. The summed E-state index contributed by atoms with van der Waals surface area (Å²) in [4.78, 5) is 0. The van der Waals surface area contributed by atoms with Crippen LogP contribution in [0.5, 0.6) is 11.6 Å². The van der Waals surface area contributed by atoms with Gasteiger partial charge in [0.2, 0.25) is 5.88 Å². The third kappa shape index (κ3) is 3.05. The number of hydrogen-bond donors (Lipinski definition) is 0. The molecule has 1 aromatic carbocycles. The Morgan fingerprint density at radius 1 is 1.00 bits per heavy atom. The van der Waals surface area contributed by atoms with E-state index in [1.165, 1.54) is 22.9 Å². The van der Waals surface area contributed by atoms with Crippen LogP contribution < -0.4 is 4.74 Å². The Morgan fingerprint density at radius 2 is 1.86 bits per heavy atom. The molecule has 3 rings (SSSR count). The van der Waals surface area contributed by atoms with Crippen LogP contribution >= 0.6 is 0 Å². The fraction of sp³-hybridized carbons (Fsp3) is 0.0714. The number of hydrogen-bond acceptors (Lipinski definition) is 4. The maximum atomic E-state index is 12.6. The average Bonchev–Trinajstić information content (AvgIpc) is 3.02. The minimum atomic E-state index is -4.42. The third-order valence-corrected chi connectivity index (χ3v) is 2.75. The molecule has 0 fully saturated rings. The van der Waals surface area contributed by atoms with Crippen LogP contribution in [-0.2, 0) is 6.18 Å². The molecule has 0 aliphatic heterocycles. The van der Waals surface area contributed by atoms with Gasteiger partial charge in [-0.05, 0) is 30.3 Å². The summed E-state index contributed by atoms with van der Waals surface area (Å²) >= 11 is 0. The molecule has 112 valence electrons. The lowest BCUT2D eigenvalue weighted by Crippen LogP contribution is -2.04. The van der Waals surface area contributed by atoms with Gasteiger partial charge >= 0.3 is 6.18 Å². The van der Waals surface area contributed by atoms with E-state index >= 15 is 0 Å². The lowest BCUT2D eigenvalue weighted by Gasteiger charge is -2.09. The van der Waals surface area contributed by atoms with Gasteiger partial charge in [-0.2, -0.15) is 18.3 Å². The molecule has 0 aliphatic rings. The van der Waals surface area contributed by atoms with E-state index in [-0.39, 0.29) is 11.6 Å². The van der Waals surface area contributed by atoms with E-state index < -0.39 is 11.7 Å². The number of halogens is 3. The number of alkyl halides is 3. The highest BCUT2D eigenvalue weighted by atomic mass is 19.4. The lowest BCUT2D eigenvalue weighted by atomic mass is 10.2. The topological polar surface area (TPSA) is 52.8 Å². The van der Waals surface area contributed by atoms with Crippen LogP contribution in [0.4, 0.5) is 13.2 Å². The predicted octanol–water partition coefficient (Wildman–Crippen LogP) is 3.47. The van der Waals surface area contributed by atoms with E-state index in [0.717, 1.165) is 12.1 Å². The Morgan fingerprint density at radius 3 is 2.50 bits per heavy atom. The van der Waals surface area contributed by atoms with Crippen molar-refractivity contribution in [1.29, 1.82) is 0 Å². The molecular weight excluding hydrogens is 297 g/mol. The molecule has 5 nitrogen and oxygen atoms in total. The lowest BCUT2D eigenvalue weighted by molar-refractivity contribution is -0.137. The van der Waals surface area contributed by atoms with E-state index in [0.29, 0.717) is 5.82 Å². The summed E-state index contributed by atoms with van der Waals surface area (Å²) in [6, 6.07) is 9.40. The van der Waals surface area contributed by atoms with Crippen molar-refractivity contribution in [2.75, 3.05) is 0 Å². The number of benzene rings is 1. The third-order valence-electron chi connectivity index (χ3n) is 2.75. The zero-order chi connectivity index (χ0) is 15.6. The van der Waals surface area contributed by atoms with Gasteiger partial charge in [-0.15, -0.1) is 10.2 Å². The van der Waals surface area contributed by atoms with Crippen LogP contribution in [0.15, 0.2) is 54.9 Å². The monoisotopic (exact) mass is 306 g/mol. The summed E-state index contributed by atoms with van der Waals surface area (Å²) in [6.07, 6.45) is -1.14. The van der Waals surface area contributed by atoms with Gasteiger partial charge in [0.05, 0.1) is 5.56 Å². The van der Waals surface area contributed by atoms with Gasteiger partial charge in [-0.25, -0.2) is 4.68 Å². The molecule has 2 aromatic heterocycles. The second kappa shape index (κ2) is 5.47. The van der Waals surface area contributed by atoms with Crippen molar-refractivity contribution >= 4 is 0 Å². The molecule has 0 amide bonds. The first kappa shape index (κ1) is 14.1. The molecule has 0 bridgehead atoms. The second-order valence-corrected chi connectivity index (χ2v) is 4.31. The van der Waals surface area contributed by atoms with Crippen molar-refractivity contribution in [3.05, 3.63) is 60.4 Å². The Bertz CT molecular complexity index is 755. The first-order valence-corrected chi connectivity index (χ1v) is 6.21. The summed E-state index contributed by atoms with van der Waals surface area (Å²) in [5.74, 6) is 0.604. The summed E-state index contributed by atoms with van der Waals surface area (Å²) < 4.78 is 44.7. The summed E-state index contributed by atoms with van der Waals surface area (Å²) in [5.41, 5.74) is -0.786. The first-order chi connectivity index (χ1) is 10.5. The van der Waals surface area contributed by atoms with Gasteiger partial charge in [0, 0.05) is 18.5 Å². The van der Waals surface area contributed by atoms with Crippen LogP contribution in [0.25, 0.3) is 5.82 Å². The van der Waals surface area contributed by atoms with Crippen LogP contribution in [-0.4, -0.2) is 20.0 Å². The molecule has 0 atom stereocenters. The van der Waals surface area contributed by atoms with Gasteiger partial charge < -0.3 is 4.74 Å². The number of aromatic nitrogens is 4. The highest BCUT2D eigenvalue weighted by Crippen LogP contribution is 2.32. The van der Waals surface area contributed by atoms with Crippen molar-refractivity contribution in [2.45, 2.75) is 6.18 Å². The first-order valence-electron chi connectivity index (χ1n) is 6.21. The smallest absolute Gasteiger partial charge is 0.416 e. The number of rotatable bonds is 3. The quantitative estimate of drug-likeness (QED) is 0.743. The molecule has 0 N–H and O–H groups in total. The minimum Gasteiger partial charge on any atom is -0.438 e. The molecule has 8 heteroatoms. The van der Waals surface area contributed by atoms with Gasteiger partial charge in [-0.1, -0.05) is 6.07 Å². The number of ether oxygens (including phenoxy) is 1. The molecule has 0 saturated carbocycles. The van der Waals surface area contributed by atoms with Crippen LogP contribution in [0.1, 0.15) is 5.56 Å². The fourth-order valence-electron chi connectivity index (χ4n) is 1.75. The highest BCUT2D eigenvalue weighted by molar-refractivity contribution is 5.33. The van der Waals surface area contributed by atoms with Crippen LogP contribution in [0.2, 0.25) is 0 Å². The molecule has 3 aromatic rings. The van der Waals surface area contributed by atoms with E-state index in [4.69, 9.17) is 4.74 Å². The van der Waals surface area contributed by atoms with E-state index in [1.807, 2.05) is 0 Å². The van der Waals surface area contributed by atoms with E-state index in [9.17, 15) is 13.2 Å². The van der Waals surface area contributed by atoms with Gasteiger partial charge in [0.1, 0.15) is 5.75 Å². The van der Waals surface area contributed by atoms with Crippen LogP contribution in [0, 0.1) is 0 Å². The number of nitrogens with zero attached hydrogens (tertiary/aromatic N) is 4. The van der Waals surface area contributed by atoms with Gasteiger partial charge in [0.15, 0.2) is 5.82 Å². The zero-order valence-electron chi connectivity index (χ0n) is 11.0. The van der Waals surface area contributed by atoms with Crippen molar-refractivity contribution < 1.29 is 17.9 Å². The van der Waals surface area contributed by atoms with Crippen molar-refractivity contribution in [1.82, 2.24) is 20.0 Å². The summed E-state index contributed by atoms with van der Waals surface area (Å²) in [7, 11) is 0. The molecular formula is C14H9F3N4O. The fourth-order valence-corrected chi connectivity index (χ4v) is 1.75. The summed E-state index contributed by atoms with van der Waals surface area (Å²) in [5, 5.41) is 11.7. The van der Waals surface area contributed by atoms with Crippen molar-refractivity contribution in [2.24, 2.45) is 0 Å². The largest absolute Gasteiger partial charge is 0.438 e. The molecule has 0 unspecified atom stereocenters. The molecule has 0 aliphatic carbocycles. The average molecular weight is 306 g/mol. The Balaban J connectivity index is 1.79. The molecule has 2 heterocycles. The maximum Gasteiger partial charge on any atom is 0.416 e. The van der Waals surface area contributed by atoms with Crippen LogP contribution in [0.3, 0.4) is 0 Å². The van der Waals surface area contributed by atoms with Crippen molar-refractivity contribution in [3.8, 4) is 17.4 Å². The standard InChI is InChI=1S/C14H9F3N4O/c15-14(16,17)10-3-1-4-11(9-10)22-13-6-5-12(19-20-13)21-8-2-7-18-21/h1-9H. The van der Waals surface area contributed by atoms with Gasteiger partial charge in [0.25, 0.3) is 0 Å². The normalized spacial score (nSPS) is 11.4. The zero-order valence-corrected chi connectivity index (χ0v) is 11.0. The molecule has 0 spiro atoms. The second-order valence-electron chi connectivity index (χ2n) is 4.31.